The van der Waals surface area contributed by atoms with Crippen molar-refractivity contribution in [1.82, 2.24) is 15.5 Å². The summed E-state index contributed by atoms with van der Waals surface area (Å²) in [6, 6.07) is -1.09. The first kappa shape index (κ1) is 21.8. The van der Waals surface area contributed by atoms with Crippen LogP contribution in [0.25, 0.3) is 0 Å². The molecule has 0 unspecified atom stereocenters. The molecule has 2 heterocycles. The molecule has 2 fully saturated rings. The number of imide groups is 1. The van der Waals surface area contributed by atoms with Crippen LogP contribution in [0.15, 0.2) is 11.3 Å². The number of carbonyl (C=O) groups excluding carboxylic acids is 5. The molecule has 0 bridgehead atoms. The van der Waals surface area contributed by atoms with Crippen molar-refractivity contribution in [2.75, 3.05) is 19.8 Å². The average Bonchev–Trinajstić information content (AvgIpc) is 2.97. The molecule has 1 aliphatic carbocycles. The summed E-state index contributed by atoms with van der Waals surface area (Å²) in [5.74, 6) is -2.73. The number of ether oxygens (including phenoxy) is 2. The summed E-state index contributed by atoms with van der Waals surface area (Å²) in [7, 11) is 0. The molecule has 3 rings (SSSR count). The summed E-state index contributed by atoms with van der Waals surface area (Å²) in [5, 5.41) is 5.11. The van der Waals surface area contributed by atoms with Crippen LogP contribution in [-0.4, -0.2) is 60.5 Å². The van der Waals surface area contributed by atoms with Gasteiger partial charge in [0.05, 0.1) is 35.8 Å². The number of esters is 2. The predicted molar refractivity (Wildman–Crippen MR) is 103 cm³/mol. The van der Waals surface area contributed by atoms with Crippen molar-refractivity contribution in [3.8, 4) is 0 Å². The maximum Gasteiger partial charge on any atom is 0.338 e. The largest absolute Gasteiger partial charge is 0.463 e. The van der Waals surface area contributed by atoms with Gasteiger partial charge in [-0.2, -0.15) is 0 Å². The van der Waals surface area contributed by atoms with Crippen LogP contribution in [0.5, 0.6) is 0 Å². The van der Waals surface area contributed by atoms with E-state index in [0.717, 1.165) is 17.7 Å². The molecule has 1 saturated heterocycles. The highest BCUT2D eigenvalue weighted by atomic mass is 16.5. The summed E-state index contributed by atoms with van der Waals surface area (Å²) in [4.78, 5) is 62.5. The Bertz CT molecular complexity index is 767. The van der Waals surface area contributed by atoms with Crippen LogP contribution in [0.1, 0.15) is 46.0 Å². The maximum absolute atomic E-state index is 12.5. The van der Waals surface area contributed by atoms with Gasteiger partial charge in [-0.05, 0) is 26.2 Å². The molecule has 10 heteroatoms. The molecular formula is C20H27N3O7. The number of hydrogen-bond donors (Lipinski definition) is 2. The fourth-order valence-corrected chi connectivity index (χ4v) is 4.29. The van der Waals surface area contributed by atoms with Crippen molar-refractivity contribution in [1.29, 1.82) is 0 Å². The van der Waals surface area contributed by atoms with Gasteiger partial charge in [-0.3, -0.25) is 19.3 Å². The van der Waals surface area contributed by atoms with Crippen LogP contribution in [0.4, 0.5) is 4.79 Å². The van der Waals surface area contributed by atoms with E-state index in [0.29, 0.717) is 19.3 Å². The molecule has 2 aliphatic heterocycles. The van der Waals surface area contributed by atoms with Crippen LogP contribution in [-0.2, 0) is 28.7 Å². The smallest absolute Gasteiger partial charge is 0.338 e. The summed E-state index contributed by atoms with van der Waals surface area (Å²) in [6.45, 7) is 2.76. The molecular weight excluding hydrogens is 394 g/mol. The maximum atomic E-state index is 12.5. The van der Waals surface area contributed by atoms with Gasteiger partial charge in [0.25, 0.3) is 0 Å². The number of carbonyl (C=O) groups is 5. The lowest BCUT2D eigenvalue weighted by atomic mass is 9.81. The van der Waals surface area contributed by atoms with E-state index in [2.05, 4.69) is 10.6 Å². The topological polar surface area (TPSA) is 131 Å². The first-order chi connectivity index (χ1) is 14.4. The quantitative estimate of drug-likeness (QED) is 0.455. The summed E-state index contributed by atoms with van der Waals surface area (Å²) in [5.41, 5.74) is 0.316. The van der Waals surface area contributed by atoms with Gasteiger partial charge >= 0.3 is 18.0 Å². The molecule has 2 N–H and O–H groups in total. The van der Waals surface area contributed by atoms with E-state index in [9.17, 15) is 24.0 Å². The standard InChI is InChI=1S/C20H27N3O7/c1-3-13-16(19(27)29-4-2)14(22-20(28)21-13)10-30-15(24)9-23-17(25)11-7-5-6-8-12(11)18(23)26/h11-13H,3-10H2,1-2H3,(H2,21,22,28)/t11-,12-,13+/m0/s1. The van der Waals surface area contributed by atoms with Crippen molar-refractivity contribution in [3.05, 3.63) is 11.3 Å². The second-order valence-corrected chi connectivity index (χ2v) is 7.59. The molecule has 0 aromatic rings. The molecule has 0 radical (unpaired) electrons. The van der Waals surface area contributed by atoms with Gasteiger partial charge in [0.1, 0.15) is 13.2 Å². The third-order valence-electron chi connectivity index (χ3n) is 5.74. The Balaban J connectivity index is 1.67. The molecule has 164 valence electrons. The lowest BCUT2D eigenvalue weighted by molar-refractivity contribution is -0.152. The Morgan fingerprint density at radius 3 is 2.23 bits per heavy atom. The van der Waals surface area contributed by atoms with Crippen molar-refractivity contribution in [2.24, 2.45) is 11.8 Å². The van der Waals surface area contributed by atoms with E-state index < -0.39 is 30.6 Å². The second-order valence-electron chi connectivity index (χ2n) is 7.59. The Labute approximate surface area is 174 Å². The molecule has 1 saturated carbocycles. The summed E-state index contributed by atoms with van der Waals surface area (Å²) in [6.07, 6.45) is 3.56. The molecule has 0 aromatic heterocycles. The molecule has 10 nitrogen and oxygen atoms in total. The van der Waals surface area contributed by atoms with E-state index in [1.165, 1.54) is 0 Å². The fraction of sp³-hybridized carbons (Fsp3) is 0.650. The summed E-state index contributed by atoms with van der Waals surface area (Å²) < 4.78 is 10.2. The van der Waals surface area contributed by atoms with Crippen molar-refractivity contribution < 1.29 is 33.4 Å². The molecule has 30 heavy (non-hydrogen) atoms. The van der Waals surface area contributed by atoms with E-state index in [1.54, 1.807) is 13.8 Å². The van der Waals surface area contributed by atoms with Gasteiger partial charge in [-0.15, -0.1) is 0 Å². The first-order valence-electron chi connectivity index (χ1n) is 10.4. The Morgan fingerprint density at radius 2 is 1.67 bits per heavy atom. The van der Waals surface area contributed by atoms with E-state index in [1.807, 2.05) is 0 Å². The van der Waals surface area contributed by atoms with Crippen LogP contribution in [0, 0.1) is 11.8 Å². The average molecular weight is 421 g/mol. The third-order valence-corrected chi connectivity index (χ3v) is 5.74. The van der Waals surface area contributed by atoms with Crippen LogP contribution in [0.3, 0.4) is 0 Å². The van der Waals surface area contributed by atoms with Crippen LogP contribution < -0.4 is 10.6 Å². The highest BCUT2D eigenvalue weighted by Crippen LogP contribution is 2.37. The third kappa shape index (κ3) is 4.31. The number of urea groups is 1. The molecule has 0 aromatic carbocycles. The molecule has 0 spiro atoms. The zero-order chi connectivity index (χ0) is 21.8. The number of nitrogens with one attached hydrogen (secondary N) is 2. The van der Waals surface area contributed by atoms with Gasteiger partial charge in [-0.25, -0.2) is 9.59 Å². The van der Waals surface area contributed by atoms with Gasteiger partial charge in [-0.1, -0.05) is 19.8 Å². The minimum atomic E-state index is -0.785. The van der Waals surface area contributed by atoms with E-state index in [4.69, 9.17) is 9.47 Å². The minimum Gasteiger partial charge on any atom is -0.463 e. The van der Waals surface area contributed by atoms with Crippen molar-refractivity contribution in [3.63, 3.8) is 0 Å². The molecule has 3 aliphatic rings. The van der Waals surface area contributed by atoms with Gasteiger partial charge in [0.2, 0.25) is 11.8 Å². The zero-order valence-corrected chi connectivity index (χ0v) is 17.2. The highest BCUT2D eigenvalue weighted by molar-refractivity contribution is 6.07. The second kappa shape index (κ2) is 9.27. The summed E-state index contributed by atoms with van der Waals surface area (Å²) >= 11 is 0. The Hall–Kier alpha value is -2.91. The number of fused-ring (bicyclic) bond motifs is 1. The minimum absolute atomic E-state index is 0.130. The van der Waals surface area contributed by atoms with Gasteiger partial charge < -0.3 is 20.1 Å². The molecule has 3 atom stereocenters. The van der Waals surface area contributed by atoms with Crippen molar-refractivity contribution >= 4 is 29.8 Å². The monoisotopic (exact) mass is 421 g/mol. The number of likely N-dealkylation sites (tertiary alicyclic amines) is 1. The predicted octanol–water partition coefficient (Wildman–Crippen LogP) is 0.613. The number of nitrogens with zero attached hydrogens (tertiary/aromatic N) is 1. The Morgan fingerprint density at radius 1 is 1.03 bits per heavy atom. The van der Waals surface area contributed by atoms with E-state index in [-0.39, 0.29) is 48.1 Å². The number of hydrogen-bond acceptors (Lipinski definition) is 7. The SMILES string of the molecule is CCOC(=O)C1=C(COC(=O)CN2C(=O)[C@H]3CCCC[C@@H]3C2=O)NC(=O)N[C@@H]1CC. The van der Waals surface area contributed by atoms with Crippen LogP contribution in [0.2, 0.25) is 0 Å². The van der Waals surface area contributed by atoms with Crippen molar-refractivity contribution in [2.45, 2.75) is 52.0 Å². The normalized spacial score (nSPS) is 26.1. The van der Waals surface area contributed by atoms with Gasteiger partial charge in [0, 0.05) is 0 Å². The fourth-order valence-electron chi connectivity index (χ4n) is 4.29. The number of amides is 4. The lowest BCUT2D eigenvalue weighted by Crippen LogP contribution is -2.51. The number of rotatable bonds is 7. The lowest BCUT2D eigenvalue weighted by Gasteiger charge is -2.28. The Kier molecular flexibility index (Phi) is 6.73. The van der Waals surface area contributed by atoms with Crippen LogP contribution >= 0.6 is 0 Å². The zero-order valence-electron chi connectivity index (χ0n) is 17.2. The first-order valence-corrected chi connectivity index (χ1v) is 10.4. The molecule has 4 amide bonds. The highest BCUT2D eigenvalue weighted by Gasteiger charge is 2.48. The van der Waals surface area contributed by atoms with Gasteiger partial charge in [0.15, 0.2) is 0 Å². The van der Waals surface area contributed by atoms with E-state index >= 15 is 0 Å².